The van der Waals surface area contributed by atoms with Crippen molar-refractivity contribution in [2.75, 3.05) is 13.2 Å². The summed E-state index contributed by atoms with van der Waals surface area (Å²) in [7, 11) is -1.71. The predicted molar refractivity (Wildman–Crippen MR) is 87.0 cm³/mol. The molecule has 0 aliphatic heterocycles. The molecule has 1 atom stereocenters. The minimum atomic E-state index is -1.71. The molecule has 2 nitrogen and oxygen atoms in total. The largest absolute Gasteiger partial charge is 0.416 e. The van der Waals surface area contributed by atoms with Gasteiger partial charge in [-0.2, -0.15) is 0 Å². The molecule has 0 unspecified atom stereocenters. The number of rotatable bonds is 9. The Kier molecular flexibility index (Phi) is 8.87. The van der Waals surface area contributed by atoms with E-state index in [0.717, 1.165) is 13.0 Å². The van der Waals surface area contributed by atoms with E-state index >= 15 is 0 Å². The molecule has 0 aromatic heterocycles. The van der Waals surface area contributed by atoms with Crippen LogP contribution in [0.1, 0.15) is 54.9 Å². The van der Waals surface area contributed by atoms with Gasteiger partial charge in [-0.15, -0.1) is 0 Å². The van der Waals surface area contributed by atoms with Gasteiger partial charge in [-0.05, 0) is 29.0 Å². The standard InChI is InChI=1S/C16H34O2Si/c1-13(2)19(14(3)4,15(5)6)18-12-16(7)10-8-9-11-17/h8-9,13-17H,10-12H2,1-7H3/b9-8+/t16-/m0/s1. The number of allylic oxidation sites excluding steroid dienone is 1. The van der Waals surface area contributed by atoms with Crippen molar-refractivity contribution in [3.05, 3.63) is 12.2 Å². The third-order valence-electron chi connectivity index (χ3n) is 4.14. The molecule has 0 aliphatic rings. The summed E-state index contributed by atoms with van der Waals surface area (Å²) in [4.78, 5) is 0. The summed E-state index contributed by atoms with van der Waals surface area (Å²) >= 11 is 0. The SMILES string of the molecule is CC(C)[Si](OC[C@@H](C)C/C=C/CO)(C(C)C)C(C)C. The molecule has 0 bridgehead atoms. The highest BCUT2D eigenvalue weighted by Crippen LogP contribution is 2.42. The normalized spacial score (nSPS) is 15.1. The highest BCUT2D eigenvalue weighted by atomic mass is 28.4. The van der Waals surface area contributed by atoms with Crippen molar-refractivity contribution in [3.8, 4) is 0 Å². The van der Waals surface area contributed by atoms with Crippen molar-refractivity contribution in [1.82, 2.24) is 0 Å². The monoisotopic (exact) mass is 286 g/mol. The molecular weight excluding hydrogens is 252 g/mol. The van der Waals surface area contributed by atoms with Gasteiger partial charge < -0.3 is 9.53 Å². The maximum absolute atomic E-state index is 8.75. The summed E-state index contributed by atoms with van der Waals surface area (Å²) in [5.74, 6) is 0.519. The molecule has 0 saturated carbocycles. The van der Waals surface area contributed by atoms with Crippen molar-refractivity contribution in [3.63, 3.8) is 0 Å². The lowest BCUT2D eigenvalue weighted by Gasteiger charge is -2.42. The van der Waals surface area contributed by atoms with Crippen LogP contribution in [0.3, 0.4) is 0 Å². The van der Waals surface area contributed by atoms with E-state index in [2.05, 4.69) is 54.5 Å². The Morgan fingerprint density at radius 2 is 1.37 bits per heavy atom. The smallest absolute Gasteiger partial charge is 0.200 e. The van der Waals surface area contributed by atoms with Gasteiger partial charge in [0, 0.05) is 6.61 Å². The maximum atomic E-state index is 8.75. The first-order valence-electron chi connectivity index (χ1n) is 7.68. The average molecular weight is 287 g/mol. The van der Waals surface area contributed by atoms with Crippen LogP contribution in [0.4, 0.5) is 0 Å². The molecular formula is C16H34O2Si. The molecule has 0 saturated heterocycles. The molecule has 3 heteroatoms. The minimum Gasteiger partial charge on any atom is -0.416 e. The predicted octanol–water partition coefficient (Wildman–Crippen LogP) is 4.75. The van der Waals surface area contributed by atoms with Crippen molar-refractivity contribution in [2.24, 2.45) is 5.92 Å². The van der Waals surface area contributed by atoms with Crippen molar-refractivity contribution < 1.29 is 9.53 Å². The Hall–Kier alpha value is -0.123. The fraction of sp³-hybridized carbons (Fsp3) is 0.875. The third kappa shape index (κ3) is 5.40. The van der Waals surface area contributed by atoms with Crippen molar-refractivity contribution in [2.45, 2.75) is 71.5 Å². The lowest BCUT2D eigenvalue weighted by Crippen LogP contribution is -2.48. The summed E-state index contributed by atoms with van der Waals surface area (Å²) < 4.78 is 6.55. The summed E-state index contributed by atoms with van der Waals surface area (Å²) in [6.07, 6.45) is 4.85. The average Bonchev–Trinajstić information content (AvgIpc) is 2.28. The first-order valence-corrected chi connectivity index (χ1v) is 9.82. The Labute approximate surface area is 121 Å². The van der Waals surface area contributed by atoms with Crippen LogP contribution in [-0.2, 0) is 4.43 Å². The molecule has 0 heterocycles. The van der Waals surface area contributed by atoms with E-state index in [0.29, 0.717) is 22.5 Å². The zero-order valence-corrected chi connectivity index (χ0v) is 14.9. The quantitative estimate of drug-likeness (QED) is 0.489. The van der Waals surface area contributed by atoms with Crippen LogP contribution in [0.15, 0.2) is 12.2 Å². The van der Waals surface area contributed by atoms with E-state index in [-0.39, 0.29) is 6.61 Å². The van der Waals surface area contributed by atoms with E-state index in [1.807, 2.05) is 6.08 Å². The molecule has 114 valence electrons. The zero-order valence-electron chi connectivity index (χ0n) is 13.9. The van der Waals surface area contributed by atoms with Gasteiger partial charge in [-0.25, -0.2) is 0 Å². The molecule has 0 aromatic carbocycles. The number of aliphatic hydroxyl groups excluding tert-OH is 1. The van der Waals surface area contributed by atoms with Gasteiger partial charge in [0.1, 0.15) is 0 Å². The minimum absolute atomic E-state index is 0.135. The molecule has 0 radical (unpaired) electrons. The van der Waals surface area contributed by atoms with Crippen LogP contribution < -0.4 is 0 Å². The first-order chi connectivity index (χ1) is 8.78. The fourth-order valence-electron chi connectivity index (χ4n) is 3.26. The second kappa shape index (κ2) is 8.93. The van der Waals surface area contributed by atoms with Gasteiger partial charge in [0.25, 0.3) is 0 Å². The van der Waals surface area contributed by atoms with Crippen LogP contribution in [0, 0.1) is 5.92 Å². The second-order valence-corrected chi connectivity index (χ2v) is 12.1. The molecule has 0 rings (SSSR count). The molecule has 0 amide bonds. The maximum Gasteiger partial charge on any atom is 0.200 e. The molecule has 0 spiro atoms. The molecule has 0 aliphatic carbocycles. The van der Waals surface area contributed by atoms with Gasteiger partial charge in [0.15, 0.2) is 8.32 Å². The van der Waals surface area contributed by atoms with Gasteiger partial charge in [0.05, 0.1) is 6.61 Å². The lowest BCUT2D eigenvalue weighted by molar-refractivity contribution is 0.230. The lowest BCUT2D eigenvalue weighted by atomic mass is 10.1. The van der Waals surface area contributed by atoms with Crippen LogP contribution in [0.5, 0.6) is 0 Å². The van der Waals surface area contributed by atoms with Gasteiger partial charge in [0.2, 0.25) is 0 Å². The van der Waals surface area contributed by atoms with E-state index in [9.17, 15) is 0 Å². The van der Waals surface area contributed by atoms with Gasteiger partial charge in [-0.1, -0.05) is 60.6 Å². The molecule has 0 fully saturated rings. The number of hydrogen-bond donors (Lipinski definition) is 1. The summed E-state index contributed by atoms with van der Waals surface area (Å²) in [5, 5.41) is 8.75. The third-order valence-corrected chi connectivity index (χ3v) is 10.2. The van der Waals surface area contributed by atoms with Crippen LogP contribution in [-0.4, -0.2) is 26.6 Å². The van der Waals surface area contributed by atoms with Crippen LogP contribution in [0.25, 0.3) is 0 Å². The Morgan fingerprint density at radius 3 is 1.74 bits per heavy atom. The Bertz CT molecular complexity index is 238. The summed E-state index contributed by atoms with van der Waals surface area (Å²) in [6.45, 7) is 17.1. The second-order valence-electron chi connectivity index (χ2n) is 6.62. The van der Waals surface area contributed by atoms with Crippen LogP contribution in [0.2, 0.25) is 16.6 Å². The topological polar surface area (TPSA) is 29.5 Å². The van der Waals surface area contributed by atoms with E-state index < -0.39 is 8.32 Å². The van der Waals surface area contributed by atoms with E-state index in [1.165, 1.54) is 0 Å². The summed E-state index contributed by atoms with van der Waals surface area (Å²) in [6, 6.07) is 0. The van der Waals surface area contributed by atoms with Gasteiger partial charge in [-0.3, -0.25) is 0 Å². The van der Waals surface area contributed by atoms with Crippen LogP contribution >= 0.6 is 0 Å². The van der Waals surface area contributed by atoms with Crippen molar-refractivity contribution in [1.29, 1.82) is 0 Å². The number of aliphatic hydroxyl groups is 1. The van der Waals surface area contributed by atoms with E-state index in [1.54, 1.807) is 0 Å². The fourth-order valence-corrected chi connectivity index (χ4v) is 8.83. The first kappa shape index (κ1) is 18.9. The highest BCUT2D eigenvalue weighted by molar-refractivity contribution is 6.77. The van der Waals surface area contributed by atoms with E-state index in [4.69, 9.17) is 9.53 Å². The highest BCUT2D eigenvalue weighted by Gasteiger charge is 2.45. The van der Waals surface area contributed by atoms with Crippen molar-refractivity contribution >= 4 is 8.32 Å². The zero-order chi connectivity index (χ0) is 15.1. The Balaban J connectivity index is 4.63. The molecule has 19 heavy (non-hydrogen) atoms. The molecule has 1 N–H and O–H groups in total. The number of hydrogen-bond acceptors (Lipinski definition) is 2. The Morgan fingerprint density at radius 1 is 0.895 bits per heavy atom. The molecule has 0 aromatic rings. The van der Waals surface area contributed by atoms with Gasteiger partial charge >= 0.3 is 0 Å². The summed E-state index contributed by atoms with van der Waals surface area (Å²) in [5.41, 5.74) is 1.94.